The number of aldehydes is 1. The van der Waals surface area contributed by atoms with Crippen LogP contribution >= 0.6 is 11.6 Å². The summed E-state index contributed by atoms with van der Waals surface area (Å²) in [6.07, 6.45) is 0.669. The van der Waals surface area contributed by atoms with E-state index in [0.29, 0.717) is 39.9 Å². The predicted octanol–water partition coefficient (Wildman–Crippen LogP) is 3.14. The Hall–Kier alpha value is -2.27. The van der Waals surface area contributed by atoms with Crippen LogP contribution in [0.5, 0.6) is 17.4 Å². The van der Waals surface area contributed by atoms with Crippen LogP contribution in [0.3, 0.4) is 0 Å². The van der Waals surface area contributed by atoms with E-state index in [4.69, 9.17) is 25.8 Å². The van der Waals surface area contributed by atoms with E-state index in [1.54, 1.807) is 25.3 Å². The number of carbonyl (C=O) groups excluding carboxylic acids is 1. The highest BCUT2D eigenvalue weighted by atomic mass is 35.5. The Bertz CT molecular complexity index is 646. The van der Waals surface area contributed by atoms with Crippen LogP contribution in [0.1, 0.15) is 16.1 Å². The van der Waals surface area contributed by atoms with Gasteiger partial charge in [0.1, 0.15) is 6.61 Å². The van der Waals surface area contributed by atoms with Gasteiger partial charge in [0, 0.05) is 17.2 Å². The van der Waals surface area contributed by atoms with E-state index < -0.39 is 0 Å². The molecular formula is C15H14ClNO4. The monoisotopic (exact) mass is 307 g/mol. The van der Waals surface area contributed by atoms with Crippen molar-refractivity contribution >= 4 is 17.9 Å². The largest absolute Gasteiger partial charge is 0.493 e. The van der Waals surface area contributed by atoms with Gasteiger partial charge in [-0.2, -0.15) is 0 Å². The van der Waals surface area contributed by atoms with Gasteiger partial charge in [0.25, 0.3) is 0 Å². The Morgan fingerprint density at radius 2 is 2.05 bits per heavy atom. The molecule has 1 heterocycles. The number of methoxy groups -OCH3 is 2. The Balaban J connectivity index is 2.24. The van der Waals surface area contributed by atoms with Crippen molar-refractivity contribution in [3.63, 3.8) is 0 Å². The maximum Gasteiger partial charge on any atom is 0.213 e. The molecule has 5 nitrogen and oxygen atoms in total. The van der Waals surface area contributed by atoms with Crippen LogP contribution in [0.15, 0.2) is 30.3 Å². The second-order valence-electron chi connectivity index (χ2n) is 4.10. The van der Waals surface area contributed by atoms with Gasteiger partial charge in [-0.25, -0.2) is 4.98 Å². The zero-order valence-corrected chi connectivity index (χ0v) is 12.4. The van der Waals surface area contributed by atoms with Crippen LogP contribution in [0, 0.1) is 0 Å². The van der Waals surface area contributed by atoms with Gasteiger partial charge >= 0.3 is 0 Å². The average Bonchev–Trinajstić information content (AvgIpc) is 2.52. The molecule has 1 aromatic carbocycles. The molecule has 6 heteroatoms. The molecule has 0 radical (unpaired) electrons. The molecule has 0 amide bonds. The molecule has 0 spiro atoms. The van der Waals surface area contributed by atoms with E-state index in [1.807, 2.05) is 6.07 Å². The third-order valence-corrected chi connectivity index (χ3v) is 2.97. The summed E-state index contributed by atoms with van der Waals surface area (Å²) in [4.78, 5) is 15.4. The fourth-order valence-corrected chi connectivity index (χ4v) is 2.00. The molecule has 0 N–H and O–H groups in total. The first-order valence-corrected chi connectivity index (χ1v) is 6.51. The number of ether oxygens (including phenoxy) is 3. The molecular weight excluding hydrogens is 294 g/mol. The fourth-order valence-electron chi connectivity index (χ4n) is 1.78. The summed E-state index contributed by atoms with van der Waals surface area (Å²) >= 11 is 5.91. The van der Waals surface area contributed by atoms with Crippen LogP contribution in [-0.2, 0) is 6.61 Å². The molecule has 21 heavy (non-hydrogen) atoms. The standard InChI is InChI=1S/C15H14ClNO4/c1-19-13-7-11(16)6-10(8-18)15(13)21-9-12-4-3-5-14(17-12)20-2/h3-8H,9H2,1-2H3. The normalized spacial score (nSPS) is 10.0. The van der Waals surface area contributed by atoms with Gasteiger partial charge in [0.15, 0.2) is 17.8 Å². The van der Waals surface area contributed by atoms with Gasteiger partial charge in [-0.05, 0) is 12.1 Å². The molecule has 1 aromatic heterocycles. The van der Waals surface area contributed by atoms with Crippen molar-refractivity contribution in [2.45, 2.75) is 6.61 Å². The summed E-state index contributed by atoms with van der Waals surface area (Å²) < 4.78 is 15.9. The maximum atomic E-state index is 11.1. The average molecular weight is 308 g/mol. The molecule has 0 unspecified atom stereocenters. The van der Waals surface area contributed by atoms with E-state index in [2.05, 4.69) is 4.98 Å². The van der Waals surface area contributed by atoms with Crippen LogP contribution in [0.25, 0.3) is 0 Å². The third kappa shape index (κ3) is 3.64. The van der Waals surface area contributed by atoms with Crippen LogP contribution in [0.2, 0.25) is 5.02 Å². The molecule has 0 saturated carbocycles. The lowest BCUT2D eigenvalue weighted by atomic mass is 10.2. The molecule has 110 valence electrons. The number of benzene rings is 1. The van der Waals surface area contributed by atoms with Crippen molar-refractivity contribution in [1.82, 2.24) is 4.98 Å². The number of pyridine rings is 1. The number of hydrogen-bond acceptors (Lipinski definition) is 5. The van der Waals surface area contributed by atoms with Gasteiger partial charge in [0.2, 0.25) is 5.88 Å². The molecule has 0 bridgehead atoms. The minimum Gasteiger partial charge on any atom is -0.493 e. The van der Waals surface area contributed by atoms with Crippen LogP contribution < -0.4 is 14.2 Å². The molecule has 2 aromatic rings. The molecule has 2 rings (SSSR count). The van der Waals surface area contributed by atoms with Crippen molar-refractivity contribution in [3.8, 4) is 17.4 Å². The van der Waals surface area contributed by atoms with Gasteiger partial charge < -0.3 is 14.2 Å². The summed E-state index contributed by atoms with van der Waals surface area (Å²) in [5.41, 5.74) is 0.991. The number of carbonyl (C=O) groups is 1. The molecule has 0 aliphatic heterocycles. The number of aromatic nitrogens is 1. The van der Waals surface area contributed by atoms with E-state index in [-0.39, 0.29) is 6.61 Å². The first-order valence-electron chi connectivity index (χ1n) is 6.13. The van der Waals surface area contributed by atoms with Crippen molar-refractivity contribution in [2.75, 3.05) is 14.2 Å². The summed E-state index contributed by atoms with van der Waals surface area (Å²) in [5, 5.41) is 0.404. The quantitative estimate of drug-likeness (QED) is 0.767. The van der Waals surface area contributed by atoms with Gasteiger partial charge in [0.05, 0.1) is 25.5 Å². The van der Waals surface area contributed by atoms with E-state index >= 15 is 0 Å². The van der Waals surface area contributed by atoms with Crippen molar-refractivity contribution in [1.29, 1.82) is 0 Å². The van der Waals surface area contributed by atoms with Gasteiger partial charge in [-0.3, -0.25) is 4.79 Å². The third-order valence-electron chi connectivity index (χ3n) is 2.75. The van der Waals surface area contributed by atoms with E-state index in [1.165, 1.54) is 13.2 Å². The number of rotatable bonds is 6. The zero-order chi connectivity index (χ0) is 15.2. The number of nitrogens with zero attached hydrogens (tertiary/aromatic N) is 1. The second kappa shape index (κ2) is 6.95. The number of halogens is 1. The Morgan fingerprint density at radius 1 is 1.24 bits per heavy atom. The van der Waals surface area contributed by atoms with Crippen LogP contribution in [0.4, 0.5) is 0 Å². The Labute approximate surface area is 127 Å². The highest BCUT2D eigenvalue weighted by Crippen LogP contribution is 2.34. The molecule has 0 aliphatic rings. The SMILES string of the molecule is COc1cccc(COc2c(C=O)cc(Cl)cc2OC)n1. The lowest BCUT2D eigenvalue weighted by Gasteiger charge is -2.13. The maximum absolute atomic E-state index is 11.1. The first kappa shape index (κ1) is 15.1. The van der Waals surface area contributed by atoms with Crippen molar-refractivity contribution < 1.29 is 19.0 Å². The summed E-state index contributed by atoms with van der Waals surface area (Å²) in [7, 11) is 3.02. The lowest BCUT2D eigenvalue weighted by Crippen LogP contribution is -2.03. The molecule has 0 atom stereocenters. The highest BCUT2D eigenvalue weighted by Gasteiger charge is 2.13. The summed E-state index contributed by atoms with van der Waals surface area (Å²) in [6, 6.07) is 8.45. The minimum atomic E-state index is 0.177. The highest BCUT2D eigenvalue weighted by molar-refractivity contribution is 6.31. The molecule has 0 saturated heterocycles. The minimum absolute atomic E-state index is 0.177. The van der Waals surface area contributed by atoms with Crippen molar-refractivity contribution in [2.24, 2.45) is 0 Å². The smallest absolute Gasteiger partial charge is 0.213 e. The van der Waals surface area contributed by atoms with E-state index in [9.17, 15) is 4.79 Å². The van der Waals surface area contributed by atoms with E-state index in [0.717, 1.165) is 0 Å². The van der Waals surface area contributed by atoms with Crippen LogP contribution in [-0.4, -0.2) is 25.5 Å². The Kier molecular flexibility index (Phi) is 5.00. The zero-order valence-electron chi connectivity index (χ0n) is 11.6. The Morgan fingerprint density at radius 3 is 2.71 bits per heavy atom. The predicted molar refractivity (Wildman–Crippen MR) is 78.5 cm³/mol. The molecule has 0 fully saturated rings. The first-order chi connectivity index (χ1) is 10.2. The van der Waals surface area contributed by atoms with Gasteiger partial charge in [-0.15, -0.1) is 0 Å². The topological polar surface area (TPSA) is 57.7 Å². The number of hydrogen-bond donors (Lipinski definition) is 0. The summed E-state index contributed by atoms with van der Waals surface area (Å²) in [5.74, 6) is 1.23. The second-order valence-corrected chi connectivity index (χ2v) is 4.54. The van der Waals surface area contributed by atoms with Crippen molar-refractivity contribution in [3.05, 3.63) is 46.6 Å². The van der Waals surface area contributed by atoms with Gasteiger partial charge in [-0.1, -0.05) is 17.7 Å². The fraction of sp³-hybridized carbons (Fsp3) is 0.200. The molecule has 0 aliphatic carbocycles. The summed E-state index contributed by atoms with van der Waals surface area (Å²) in [6.45, 7) is 0.177. The lowest BCUT2D eigenvalue weighted by molar-refractivity contribution is 0.111.